The molecule has 2 aromatic carbocycles. The number of benzene rings is 2. The first-order valence-corrected chi connectivity index (χ1v) is 13.0. The molecule has 0 aromatic heterocycles. The summed E-state index contributed by atoms with van der Waals surface area (Å²) in [5.41, 5.74) is 5.02. The number of anilines is 1. The van der Waals surface area contributed by atoms with Crippen LogP contribution in [0.2, 0.25) is 0 Å². The maximum Gasteiger partial charge on any atom is 0.225 e. The van der Waals surface area contributed by atoms with E-state index in [0.717, 1.165) is 11.3 Å². The molecule has 166 valence electrons. The fourth-order valence-electron chi connectivity index (χ4n) is 5.11. The van der Waals surface area contributed by atoms with Gasteiger partial charge in [0.05, 0.1) is 11.5 Å². The number of carbonyl (C=O) groups is 1. The highest BCUT2D eigenvalue weighted by Crippen LogP contribution is 2.42. The summed E-state index contributed by atoms with van der Waals surface area (Å²) in [5.74, 6) is 1.02. The number of nitrogens with one attached hydrogen (secondary N) is 1. The third-order valence-corrected chi connectivity index (χ3v) is 8.76. The van der Waals surface area contributed by atoms with Gasteiger partial charge >= 0.3 is 0 Å². The zero-order chi connectivity index (χ0) is 22.2. The highest BCUT2D eigenvalue weighted by atomic mass is 32.2. The number of carbonyl (C=O) groups excluding carboxylic acids is 1. The van der Waals surface area contributed by atoms with Crippen molar-refractivity contribution in [1.82, 2.24) is 4.90 Å². The normalized spacial score (nSPS) is 25.1. The van der Waals surface area contributed by atoms with Crippen LogP contribution in [0.25, 0.3) is 0 Å². The van der Waals surface area contributed by atoms with Crippen LogP contribution >= 0.6 is 0 Å². The van der Waals surface area contributed by atoms with Crippen molar-refractivity contribution >= 4 is 21.4 Å². The summed E-state index contributed by atoms with van der Waals surface area (Å²) in [4.78, 5) is 14.4. The predicted octanol–water partition coefficient (Wildman–Crippen LogP) is 4.17. The Bertz CT molecular complexity index is 1010. The molecule has 4 rings (SSSR count). The summed E-state index contributed by atoms with van der Waals surface area (Å²) in [7, 11) is -1.15. The van der Waals surface area contributed by atoms with Crippen LogP contribution in [-0.2, 0) is 21.2 Å². The van der Waals surface area contributed by atoms with E-state index in [1.807, 2.05) is 0 Å². The first kappa shape index (κ1) is 21.9. The molecule has 1 amide bonds. The van der Waals surface area contributed by atoms with E-state index in [2.05, 4.69) is 67.7 Å². The van der Waals surface area contributed by atoms with Gasteiger partial charge in [0, 0.05) is 43.1 Å². The van der Waals surface area contributed by atoms with E-state index in [4.69, 9.17) is 0 Å². The maximum absolute atomic E-state index is 12.7. The largest absolute Gasteiger partial charge is 0.381 e. The van der Waals surface area contributed by atoms with Gasteiger partial charge in [0.15, 0.2) is 0 Å². The van der Waals surface area contributed by atoms with E-state index >= 15 is 0 Å². The smallest absolute Gasteiger partial charge is 0.225 e. The molecule has 5 nitrogen and oxygen atoms in total. The van der Waals surface area contributed by atoms with Crippen molar-refractivity contribution in [2.24, 2.45) is 5.92 Å². The van der Waals surface area contributed by atoms with Crippen LogP contribution < -0.4 is 5.32 Å². The molecule has 1 fully saturated rings. The fraction of sp³-hybridized carbons (Fsp3) is 0.480. The standard InChI is InChI=1S/C25H32N2O3S/c1-17-22-6-4-5-7-23(22)18(2)24(17)26-21-10-8-19(9-11-21)16-27(3)25(28)20-12-14-31(29,30)15-13-20/h4-11,17-18,20,24,26H,12-16H2,1-3H3. The molecule has 1 aliphatic carbocycles. The Hall–Kier alpha value is -2.34. The predicted molar refractivity (Wildman–Crippen MR) is 125 cm³/mol. The Morgan fingerprint density at radius 2 is 1.52 bits per heavy atom. The average molecular weight is 441 g/mol. The lowest BCUT2D eigenvalue weighted by molar-refractivity contribution is -0.135. The number of fused-ring (bicyclic) bond motifs is 1. The van der Waals surface area contributed by atoms with Gasteiger partial charge in [0.2, 0.25) is 5.91 Å². The van der Waals surface area contributed by atoms with Gasteiger partial charge in [-0.1, -0.05) is 50.2 Å². The Balaban J connectivity index is 1.35. The topological polar surface area (TPSA) is 66.5 Å². The summed E-state index contributed by atoms with van der Waals surface area (Å²) in [6, 6.07) is 17.4. The monoisotopic (exact) mass is 440 g/mol. The van der Waals surface area contributed by atoms with Crippen molar-refractivity contribution in [2.45, 2.75) is 51.1 Å². The molecule has 0 bridgehead atoms. The Morgan fingerprint density at radius 1 is 0.968 bits per heavy atom. The highest BCUT2D eigenvalue weighted by Gasteiger charge is 2.35. The fourth-order valence-corrected chi connectivity index (χ4v) is 6.60. The molecule has 2 aliphatic rings. The van der Waals surface area contributed by atoms with Crippen LogP contribution in [0.3, 0.4) is 0 Å². The molecule has 0 radical (unpaired) electrons. The molecular formula is C25H32N2O3S. The zero-order valence-electron chi connectivity index (χ0n) is 18.5. The summed E-state index contributed by atoms with van der Waals surface area (Å²) < 4.78 is 23.2. The van der Waals surface area contributed by atoms with Gasteiger partial charge in [-0.3, -0.25) is 4.79 Å². The minimum absolute atomic E-state index is 0.0449. The quantitative estimate of drug-likeness (QED) is 0.758. The van der Waals surface area contributed by atoms with Gasteiger partial charge in [-0.25, -0.2) is 8.42 Å². The van der Waals surface area contributed by atoms with Crippen LogP contribution in [0.15, 0.2) is 48.5 Å². The molecule has 2 atom stereocenters. The van der Waals surface area contributed by atoms with Gasteiger partial charge in [-0.2, -0.15) is 0 Å². The maximum atomic E-state index is 12.7. The lowest BCUT2D eigenvalue weighted by atomic mass is 9.97. The van der Waals surface area contributed by atoms with E-state index in [9.17, 15) is 13.2 Å². The molecule has 0 spiro atoms. The molecule has 2 unspecified atom stereocenters. The molecule has 2 aromatic rings. The molecule has 1 aliphatic heterocycles. The van der Waals surface area contributed by atoms with Crippen LogP contribution in [0.1, 0.15) is 55.2 Å². The molecule has 6 heteroatoms. The molecule has 31 heavy (non-hydrogen) atoms. The van der Waals surface area contributed by atoms with E-state index < -0.39 is 9.84 Å². The Labute approximate surface area is 185 Å². The third-order valence-electron chi connectivity index (χ3n) is 7.04. The number of nitrogens with zero attached hydrogens (tertiary/aromatic N) is 1. The van der Waals surface area contributed by atoms with E-state index in [1.165, 1.54) is 11.1 Å². The third kappa shape index (κ3) is 4.64. The van der Waals surface area contributed by atoms with Crippen LogP contribution in [-0.4, -0.2) is 43.8 Å². The molecule has 1 N–H and O–H groups in total. The van der Waals surface area contributed by atoms with Crippen LogP contribution in [0.4, 0.5) is 5.69 Å². The van der Waals surface area contributed by atoms with E-state index in [1.54, 1.807) is 11.9 Å². The SMILES string of the molecule is CC1c2ccccc2C(C)C1Nc1ccc(CN(C)C(=O)C2CCS(=O)(=O)CC2)cc1. The molecule has 1 heterocycles. The molecule has 1 saturated heterocycles. The first-order valence-electron chi connectivity index (χ1n) is 11.1. The Morgan fingerprint density at radius 3 is 2.06 bits per heavy atom. The number of hydrogen-bond acceptors (Lipinski definition) is 4. The summed E-state index contributed by atoms with van der Waals surface area (Å²) >= 11 is 0. The van der Waals surface area contributed by atoms with Crippen molar-refractivity contribution in [3.63, 3.8) is 0 Å². The lowest BCUT2D eigenvalue weighted by Gasteiger charge is -2.27. The van der Waals surface area contributed by atoms with Gasteiger partial charge in [0.1, 0.15) is 9.84 Å². The number of amides is 1. The van der Waals surface area contributed by atoms with Crippen molar-refractivity contribution in [3.8, 4) is 0 Å². The first-order chi connectivity index (χ1) is 14.7. The zero-order valence-corrected chi connectivity index (χ0v) is 19.4. The van der Waals surface area contributed by atoms with E-state index in [0.29, 0.717) is 37.3 Å². The van der Waals surface area contributed by atoms with Gasteiger partial charge in [-0.05, 0) is 41.7 Å². The Kier molecular flexibility index (Phi) is 6.11. The van der Waals surface area contributed by atoms with Crippen LogP contribution in [0.5, 0.6) is 0 Å². The average Bonchev–Trinajstić information content (AvgIpc) is 2.99. The highest BCUT2D eigenvalue weighted by molar-refractivity contribution is 7.91. The van der Waals surface area contributed by atoms with Crippen molar-refractivity contribution in [2.75, 3.05) is 23.9 Å². The van der Waals surface area contributed by atoms with Crippen molar-refractivity contribution in [1.29, 1.82) is 0 Å². The minimum atomic E-state index is -2.95. The second-order valence-corrected chi connectivity index (χ2v) is 11.5. The van der Waals surface area contributed by atoms with E-state index in [-0.39, 0.29) is 23.3 Å². The number of hydrogen-bond donors (Lipinski definition) is 1. The molecule has 0 saturated carbocycles. The van der Waals surface area contributed by atoms with Crippen molar-refractivity contribution in [3.05, 3.63) is 65.2 Å². The van der Waals surface area contributed by atoms with Gasteiger partial charge in [-0.15, -0.1) is 0 Å². The lowest BCUT2D eigenvalue weighted by Crippen LogP contribution is -2.37. The van der Waals surface area contributed by atoms with Gasteiger partial charge < -0.3 is 10.2 Å². The minimum Gasteiger partial charge on any atom is -0.381 e. The van der Waals surface area contributed by atoms with Crippen LogP contribution in [0, 0.1) is 5.92 Å². The number of rotatable bonds is 5. The second kappa shape index (κ2) is 8.65. The van der Waals surface area contributed by atoms with Gasteiger partial charge in [0.25, 0.3) is 0 Å². The van der Waals surface area contributed by atoms with Crippen molar-refractivity contribution < 1.29 is 13.2 Å². The summed E-state index contributed by atoms with van der Waals surface area (Å²) in [6.45, 7) is 5.10. The summed E-state index contributed by atoms with van der Waals surface area (Å²) in [6.07, 6.45) is 0.878. The second-order valence-electron chi connectivity index (χ2n) is 9.19. The molecular weight excluding hydrogens is 408 g/mol. The summed E-state index contributed by atoms with van der Waals surface area (Å²) in [5, 5.41) is 3.71. The number of sulfone groups is 1.